The summed E-state index contributed by atoms with van der Waals surface area (Å²) >= 11 is 0. The van der Waals surface area contributed by atoms with Gasteiger partial charge in [-0.3, -0.25) is 9.59 Å². The van der Waals surface area contributed by atoms with Gasteiger partial charge in [0.25, 0.3) is 11.8 Å². The van der Waals surface area contributed by atoms with E-state index in [1.54, 1.807) is 4.90 Å². The molecule has 0 aliphatic carbocycles. The number of aryl methyl sites for hydroxylation is 1. The predicted molar refractivity (Wildman–Crippen MR) is 94.5 cm³/mol. The van der Waals surface area contributed by atoms with Crippen molar-refractivity contribution in [3.05, 3.63) is 54.4 Å². The smallest absolute Gasteiger partial charge is 0.260 e. The number of para-hydroxylation sites is 1. The monoisotopic (exact) mass is 341 g/mol. The minimum absolute atomic E-state index is 0.0236. The van der Waals surface area contributed by atoms with E-state index < -0.39 is 0 Å². The number of ether oxygens (including phenoxy) is 1. The van der Waals surface area contributed by atoms with E-state index in [0.29, 0.717) is 37.5 Å². The lowest BCUT2D eigenvalue weighted by Crippen LogP contribution is -2.39. The maximum Gasteiger partial charge on any atom is 0.260 e. The summed E-state index contributed by atoms with van der Waals surface area (Å²) in [5.41, 5.74) is 0.690. The average molecular weight is 341 g/mol. The molecule has 1 saturated heterocycles. The molecule has 1 aromatic carbocycles. The molecule has 6 nitrogen and oxygen atoms in total. The topological polar surface area (TPSA) is 54.8 Å². The Hall–Kier alpha value is -2.76. The van der Waals surface area contributed by atoms with Gasteiger partial charge in [-0.15, -0.1) is 0 Å². The van der Waals surface area contributed by atoms with E-state index in [1.807, 2.05) is 65.3 Å². The second kappa shape index (κ2) is 7.88. The molecule has 3 rings (SSSR count). The molecule has 0 spiro atoms. The number of aromatic nitrogens is 1. The normalized spacial score (nSPS) is 14.9. The van der Waals surface area contributed by atoms with Crippen LogP contribution in [0.15, 0.2) is 48.8 Å². The number of amides is 2. The van der Waals surface area contributed by atoms with E-state index >= 15 is 0 Å². The summed E-state index contributed by atoms with van der Waals surface area (Å²) in [4.78, 5) is 28.5. The van der Waals surface area contributed by atoms with E-state index in [-0.39, 0.29) is 18.4 Å². The molecule has 6 heteroatoms. The molecular weight excluding hydrogens is 318 g/mol. The lowest BCUT2D eigenvalue weighted by molar-refractivity contribution is -0.133. The van der Waals surface area contributed by atoms with Gasteiger partial charge in [0.15, 0.2) is 6.61 Å². The molecule has 0 unspecified atom stereocenters. The van der Waals surface area contributed by atoms with Gasteiger partial charge in [0.05, 0.1) is 5.56 Å². The zero-order chi connectivity index (χ0) is 17.6. The molecule has 1 aliphatic rings. The Morgan fingerprint density at radius 1 is 1.00 bits per heavy atom. The van der Waals surface area contributed by atoms with Crippen molar-refractivity contribution < 1.29 is 14.3 Å². The summed E-state index contributed by atoms with van der Waals surface area (Å²) in [6, 6.07) is 11.1. The number of hydrogen-bond acceptors (Lipinski definition) is 3. The van der Waals surface area contributed by atoms with Crippen molar-refractivity contribution in [2.24, 2.45) is 7.05 Å². The number of rotatable bonds is 4. The zero-order valence-electron chi connectivity index (χ0n) is 14.4. The fourth-order valence-electron chi connectivity index (χ4n) is 2.94. The van der Waals surface area contributed by atoms with Crippen LogP contribution in [0.3, 0.4) is 0 Å². The first-order valence-corrected chi connectivity index (χ1v) is 8.50. The first-order chi connectivity index (χ1) is 12.1. The van der Waals surface area contributed by atoms with Crippen molar-refractivity contribution in [3.63, 3.8) is 0 Å². The van der Waals surface area contributed by atoms with Crippen LogP contribution in [0.1, 0.15) is 16.8 Å². The molecule has 0 bridgehead atoms. The van der Waals surface area contributed by atoms with Gasteiger partial charge in [-0.05, 0) is 24.6 Å². The number of benzene rings is 1. The van der Waals surface area contributed by atoms with Crippen molar-refractivity contribution in [3.8, 4) is 5.75 Å². The van der Waals surface area contributed by atoms with E-state index in [9.17, 15) is 9.59 Å². The Balaban J connectivity index is 1.52. The summed E-state index contributed by atoms with van der Waals surface area (Å²) in [5, 5.41) is 0. The van der Waals surface area contributed by atoms with Gasteiger partial charge >= 0.3 is 0 Å². The van der Waals surface area contributed by atoms with Crippen molar-refractivity contribution in [2.75, 3.05) is 32.8 Å². The third-order valence-electron chi connectivity index (χ3n) is 4.32. The molecule has 2 heterocycles. The summed E-state index contributed by atoms with van der Waals surface area (Å²) < 4.78 is 7.40. The molecule has 0 atom stereocenters. The summed E-state index contributed by atoms with van der Waals surface area (Å²) in [5.74, 6) is 0.667. The number of hydrogen-bond donors (Lipinski definition) is 0. The summed E-state index contributed by atoms with van der Waals surface area (Å²) in [7, 11) is 1.90. The Kier molecular flexibility index (Phi) is 5.38. The highest BCUT2D eigenvalue weighted by Gasteiger charge is 2.23. The molecule has 25 heavy (non-hydrogen) atoms. The van der Waals surface area contributed by atoms with Gasteiger partial charge in [0.1, 0.15) is 5.75 Å². The largest absolute Gasteiger partial charge is 0.484 e. The van der Waals surface area contributed by atoms with Crippen LogP contribution in [0.4, 0.5) is 0 Å². The third kappa shape index (κ3) is 4.41. The van der Waals surface area contributed by atoms with Crippen LogP contribution >= 0.6 is 0 Å². The summed E-state index contributed by atoms with van der Waals surface area (Å²) in [6.45, 7) is 2.42. The van der Waals surface area contributed by atoms with Crippen molar-refractivity contribution >= 4 is 11.8 Å². The van der Waals surface area contributed by atoms with E-state index in [2.05, 4.69) is 0 Å². The zero-order valence-corrected chi connectivity index (χ0v) is 14.4. The molecule has 1 aliphatic heterocycles. The van der Waals surface area contributed by atoms with E-state index in [4.69, 9.17) is 4.74 Å². The van der Waals surface area contributed by atoms with Gasteiger partial charge in [0, 0.05) is 45.6 Å². The second-order valence-corrected chi connectivity index (χ2v) is 6.19. The molecule has 2 amide bonds. The molecule has 132 valence electrons. The van der Waals surface area contributed by atoms with Gasteiger partial charge in [-0.2, -0.15) is 0 Å². The standard InChI is InChI=1S/C19H23N3O3/c1-20-11-8-16(14-20)19(24)22-10-5-9-21(12-13-22)18(23)15-25-17-6-3-2-4-7-17/h2-4,6-8,11,14H,5,9-10,12-13,15H2,1H3. The number of nitrogens with zero attached hydrogens (tertiary/aromatic N) is 3. The fourth-order valence-corrected chi connectivity index (χ4v) is 2.94. The second-order valence-electron chi connectivity index (χ2n) is 6.19. The number of carbonyl (C=O) groups is 2. The van der Waals surface area contributed by atoms with Crippen LogP contribution in [-0.4, -0.2) is 59.0 Å². The van der Waals surface area contributed by atoms with Gasteiger partial charge in [0.2, 0.25) is 0 Å². The molecule has 2 aromatic rings. The average Bonchev–Trinajstić information content (AvgIpc) is 2.92. The molecule has 0 N–H and O–H groups in total. The highest BCUT2D eigenvalue weighted by molar-refractivity contribution is 5.94. The molecule has 0 saturated carbocycles. The fraction of sp³-hybridized carbons (Fsp3) is 0.368. The molecule has 0 radical (unpaired) electrons. The number of carbonyl (C=O) groups excluding carboxylic acids is 2. The van der Waals surface area contributed by atoms with Crippen molar-refractivity contribution in [2.45, 2.75) is 6.42 Å². The third-order valence-corrected chi connectivity index (χ3v) is 4.32. The van der Waals surface area contributed by atoms with Crippen LogP contribution < -0.4 is 4.74 Å². The molecule has 1 aromatic heterocycles. The van der Waals surface area contributed by atoms with Crippen LogP contribution in [-0.2, 0) is 11.8 Å². The summed E-state index contributed by atoms with van der Waals surface area (Å²) in [6.07, 6.45) is 4.46. The van der Waals surface area contributed by atoms with Crippen LogP contribution in [0.2, 0.25) is 0 Å². The predicted octanol–water partition coefficient (Wildman–Crippen LogP) is 1.78. The van der Waals surface area contributed by atoms with E-state index in [1.165, 1.54) is 0 Å². The van der Waals surface area contributed by atoms with E-state index in [0.717, 1.165) is 6.42 Å². The Morgan fingerprint density at radius 3 is 2.44 bits per heavy atom. The maximum absolute atomic E-state index is 12.5. The first kappa shape index (κ1) is 17.1. The molecular formula is C19H23N3O3. The van der Waals surface area contributed by atoms with Crippen molar-refractivity contribution in [1.82, 2.24) is 14.4 Å². The van der Waals surface area contributed by atoms with Gasteiger partial charge in [-0.25, -0.2) is 0 Å². The quantitative estimate of drug-likeness (QED) is 0.852. The Bertz CT molecular complexity index is 727. The lowest BCUT2D eigenvalue weighted by atomic mass is 10.3. The Labute approximate surface area is 147 Å². The van der Waals surface area contributed by atoms with Crippen LogP contribution in [0, 0.1) is 0 Å². The maximum atomic E-state index is 12.5. The van der Waals surface area contributed by atoms with Gasteiger partial charge in [-0.1, -0.05) is 18.2 Å². The lowest BCUT2D eigenvalue weighted by Gasteiger charge is -2.22. The van der Waals surface area contributed by atoms with Crippen LogP contribution in [0.25, 0.3) is 0 Å². The minimum atomic E-state index is -0.0436. The highest BCUT2D eigenvalue weighted by Crippen LogP contribution is 2.11. The SMILES string of the molecule is Cn1ccc(C(=O)N2CCCN(C(=O)COc3ccccc3)CC2)c1. The first-order valence-electron chi connectivity index (χ1n) is 8.50. The molecule has 1 fully saturated rings. The highest BCUT2D eigenvalue weighted by atomic mass is 16.5. The van der Waals surface area contributed by atoms with Gasteiger partial charge < -0.3 is 19.1 Å². The minimum Gasteiger partial charge on any atom is -0.484 e. The van der Waals surface area contributed by atoms with Crippen molar-refractivity contribution in [1.29, 1.82) is 0 Å². The van der Waals surface area contributed by atoms with Crippen LogP contribution in [0.5, 0.6) is 5.75 Å². The Morgan fingerprint density at radius 2 is 1.72 bits per heavy atom.